The van der Waals surface area contributed by atoms with Crippen LogP contribution >= 0.6 is 7.60 Å². The monoisotopic (exact) mass is 266 g/mol. The zero-order valence-corrected chi connectivity index (χ0v) is 12.1. The highest BCUT2D eigenvalue weighted by Gasteiger charge is 2.39. The van der Waals surface area contributed by atoms with Gasteiger partial charge in [0.1, 0.15) is 5.31 Å². The molecule has 0 aliphatic heterocycles. The van der Waals surface area contributed by atoms with E-state index in [0.717, 1.165) is 0 Å². The minimum Gasteiger partial charge on any atom is -0.501 e. The zero-order chi connectivity index (χ0) is 13.5. The van der Waals surface area contributed by atoms with Crippen molar-refractivity contribution in [3.05, 3.63) is 11.6 Å². The van der Waals surface area contributed by atoms with Gasteiger partial charge in [-0.2, -0.15) is 0 Å². The molecule has 0 rings (SSSR count). The van der Waals surface area contributed by atoms with Crippen LogP contribution in [0.1, 0.15) is 34.6 Å². The van der Waals surface area contributed by atoms with Crippen molar-refractivity contribution in [2.24, 2.45) is 0 Å². The van der Waals surface area contributed by atoms with Gasteiger partial charge in [-0.1, -0.05) is 0 Å². The molecule has 0 aliphatic rings. The molecule has 0 heterocycles. The second-order valence-electron chi connectivity index (χ2n) is 3.85. The van der Waals surface area contributed by atoms with Crippen LogP contribution in [-0.2, 0) is 18.3 Å². The van der Waals surface area contributed by atoms with Gasteiger partial charge < -0.3 is 18.9 Å². The van der Waals surface area contributed by atoms with E-state index in [2.05, 4.69) is 0 Å². The fraction of sp³-hybridized carbons (Fsp3) is 0.818. The molecule has 0 fully saturated rings. The van der Waals surface area contributed by atoms with E-state index < -0.39 is 13.2 Å². The van der Waals surface area contributed by atoms with Gasteiger partial charge in [-0.25, -0.2) is 0 Å². The largest absolute Gasteiger partial charge is 0.501 e. The molecule has 0 aromatic rings. The SMILES string of the molecule is CCO/C=C(\C(C)(C)O)P(=O)(OCC)OCC. The highest BCUT2D eigenvalue weighted by Crippen LogP contribution is 2.59. The molecule has 0 spiro atoms. The molecule has 0 radical (unpaired) electrons. The predicted molar refractivity (Wildman–Crippen MR) is 66.9 cm³/mol. The van der Waals surface area contributed by atoms with Crippen LogP contribution in [0.15, 0.2) is 11.6 Å². The molecular formula is C11H23O5P. The molecule has 0 amide bonds. The Labute approximate surface area is 103 Å². The molecule has 0 bridgehead atoms. The van der Waals surface area contributed by atoms with Gasteiger partial charge in [0, 0.05) is 0 Å². The van der Waals surface area contributed by atoms with E-state index in [1.54, 1.807) is 20.8 Å². The third kappa shape index (κ3) is 5.21. The molecule has 6 heteroatoms. The Morgan fingerprint density at radius 2 is 1.65 bits per heavy atom. The summed E-state index contributed by atoms with van der Waals surface area (Å²) >= 11 is 0. The number of hydrogen-bond donors (Lipinski definition) is 1. The molecule has 1 N–H and O–H groups in total. The summed E-state index contributed by atoms with van der Waals surface area (Å²) in [5.74, 6) is 0. The molecule has 0 atom stereocenters. The highest BCUT2D eigenvalue weighted by atomic mass is 31.2. The van der Waals surface area contributed by atoms with Crippen molar-refractivity contribution in [3.8, 4) is 0 Å². The molecule has 0 saturated carbocycles. The summed E-state index contributed by atoms with van der Waals surface area (Å²) in [4.78, 5) is 0. The molecule has 17 heavy (non-hydrogen) atoms. The fourth-order valence-electron chi connectivity index (χ4n) is 1.22. The predicted octanol–water partition coefficient (Wildman–Crippen LogP) is 2.90. The van der Waals surface area contributed by atoms with Crippen molar-refractivity contribution in [1.29, 1.82) is 0 Å². The summed E-state index contributed by atoms with van der Waals surface area (Å²) in [7, 11) is -3.49. The molecule has 0 aliphatic carbocycles. The molecule has 102 valence electrons. The second-order valence-corrected chi connectivity index (χ2v) is 5.84. The normalized spacial score (nSPS) is 13.9. The maximum Gasteiger partial charge on any atom is 0.363 e. The van der Waals surface area contributed by atoms with Gasteiger partial charge in [-0.3, -0.25) is 4.57 Å². The topological polar surface area (TPSA) is 65.0 Å². The summed E-state index contributed by atoms with van der Waals surface area (Å²) in [5.41, 5.74) is -1.32. The number of rotatable bonds is 8. The Morgan fingerprint density at radius 1 is 1.18 bits per heavy atom. The van der Waals surface area contributed by atoms with Crippen molar-refractivity contribution >= 4 is 7.60 Å². The standard InChI is InChI=1S/C11H23O5P/c1-6-14-9-10(11(4,5)12)17(13,15-7-2)16-8-3/h9,12H,6-8H2,1-5H3/b10-9+. The van der Waals surface area contributed by atoms with E-state index in [1.165, 1.54) is 20.1 Å². The van der Waals surface area contributed by atoms with Crippen LogP contribution in [0.2, 0.25) is 0 Å². The average Bonchev–Trinajstić information content (AvgIpc) is 2.16. The first-order chi connectivity index (χ1) is 7.81. The van der Waals surface area contributed by atoms with E-state index in [1.807, 2.05) is 0 Å². The zero-order valence-electron chi connectivity index (χ0n) is 11.2. The molecule has 5 nitrogen and oxygen atoms in total. The van der Waals surface area contributed by atoms with E-state index in [9.17, 15) is 9.67 Å². The lowest BCUT2D eigenvalue weighted by atomic mass is 10.1. The Bertz CT molecular complexity index is 283. The van der Waals surface area contributed by atoms with Gasteiger partial charge in [0.2, 0.25) is 0 Å². The van der Waals surface area contributed by atoms with E-state index in [-0.39, 0.29) is 18.5 Å². The molecule has 0 aromatic heterocycles. The highest BCUT2D eigenvalue weighted by molar-refractivity contribution is 7.58. The van der Waals surface area contributed by atoms with Gasteiger partial charge in [-0.05, 0) is 34.6 Å². The Balaban J connectivity index is 5.30. The van der Waals surface area contributed by atoms with E-state index >= 15 is 0 Å². The average molecular weight is 266 g/mol. The third-order valence-electron chi connectivity index (χ3n) is 1.88. The van der Waals surface area contributed by atoms with Crippen LogP contribution in [0.5, 0.6) is 0 Å². The summed E-state index contributed by atoms with van der Waals surface area (Å²) < 4.78 is 28.0. The number of aliphatic hydroxyl groups is 1. The van der Waals surface area contributed by atoms with Gasteiger partial charge in [-0.15, -0.1) is 0 Å². The van der Waals surface area contributed by atoms with Gasteiger partial charge >= 0.3 is 7.60 Å². The van der Waals surface area contributed by atoms with Crippen LogP contribution in [0.4, 0.5) is 0 Å². The Kier molecular flexibility index (Phi) is 7.02. The summed E-state index contributed by atoms with van der Waals surface area (Å²) in [6.07, 6.45) is 1.27. The fourth-order valence-corrected chi connectivity index (χ4v) is 3.13. The van der Waals surface area contributed by atoms with Crippen molar-refractivity contribution < 1.29 is 23.5 Å². The summed E-state index contributed by atoms with van der Waals surface area (Å²) in [5, 5.41) is 10.1. The molecule has 0 saturated heterocycles. The Hall–Kier alpha value is -0.350. The first-order valence-electron chi connectivity index (χ1n) is 5.76. The van der Waals surface area contributed by atoms with Crippen LogP contribution in [-0.4, -0.2) is 30.5 Å². The smallest absolute Gasteiger partial charge is 0.363 e. The Morgan fingerprint density at radius 3 is 1.94 bits per heavy atom. The van der Waals surface area contributed by atoms with Crippen molar-refractivity contribution in [2.75, 3.05) is 19.8 Å². The third-order valence-corrected chi connectivity index (χ3v) is 4.32. The lowest BCUT2D eigenvalue weighted by Gasteiger charge is -2.27. The van der Waals surface area contributed by atoms with Crippen molar-refractivity contribution in [1.82, 2.24) is 0 Å². The van der Waals surface area contributed by atoms with Gasteiger partial charge in [0.25, 0.3) is 0 Å². The second kappa shape index (κ2) is 7.17. The maximum atomic E-state index is 12.5. The van der Waals surface area contributed by atoms with Crippen LogP contribution in [0.25, 0.3) is 0 Å². The van der Waals surface area contributed by atoms with Crippen molar-refractivity contribution in [3.63, 3.8) is 0 Å². The van der Waals surface area contributed by atoms with Gasteiger partial charge in [0.05, 0.1) is 31.7 Å². The number of hydrogen-bond acceptors (Lipinski definition) is 5. The van der Waals surface area contributed by atoms with Crippen molar-refractivity contribution in [2.45, 2.75) is 40.2 Å². The quantitative estimate of drug-likeness (QED) is 0.540. The summed E-state index contributed by atoms with van der Waals surface area (Å²) in [6, 6.07) is 0. The molecular weight excluding hydrogens is 243 g/mol. The minimum atomic E-state index is -3.49. The van der Waals surface area contributed by atoms with E-state index in [4.69, 9.17) is 13.8 Å². The van der Waals surface area contributed by atoms with Crippen LogP contribution in [0.3, 0.4) is 0 Å². The first kappa shape index (κ1) is 16.6. The first-order valence-corrected chi connectivity index (χ1v) is 7.30. The molecule has 0 unspecified atom stereocenters. The minimum absolute atomic E-state index is 0.135. The lowest BCUT2D eigenvalue weighted by Crippen LogP contribution is -2.24. The van der Waals surface area contributed by atoms with E-state index in [0.29, 0.717) is 6.61 Å². The molecule has 0 aromatic carbocycles. The maximum absolute atomic E-state index is 12.5. The lowest BCUT2D eigenvalue weighted by molar-refractivity contribution is 0.112. The van der Waals surface area contributed by atoms with Gasteiger partial charge in [0.15, 0.2) is 0 Å². The van der Waals surface area contributed by atoms with Crippen LogP contribution < -0.4 is 0 Å². The van der Waals surface area contributed by atoms with Crippen LogP contribution in [0, 0.1) is 0 Å². The summed E-state index contributed by atoms with van der Waals surface area (Å²) in [6.45, 7) is 9.14. The number of ether oxygens (including phenoxy) is 1.